The Hall–Kier alpha value is -1.00. The predicted octanol–water partition coefficient (Wildman–Crippen LogP) is 2.71. The molecule has 0 spiro atoms. The first-order chi connectivity index (χ1) is 6.24. The van der Waals surface area contributed by atoms with E-state index in [1.54, 1.807) is 6.07 Å². The lowest BCUT2D eigenvalue weighted by molar-refractivity contribution is 0.112. The van der Waals surface area contributed by atoms with Crippen LogP contribution in [0.4, 0.5) is 0 Å². The molecule has 0 unspecified atom stereocenters. The summed E-state index contributed by atoms with van der Waals surface area (Å²) in [6, 6.07) is 5.48. The molecule has 13 heavy (non-hydrogen) atoms. The highest BCUT2D eigenvalue weighted by atomic mass is 32.1. The third-order valence-corrected chi connectivity index (χ3v) is 3.24. The molecule has 66 valence electrons. The number of thiol groups is 1. The summed E-state index contributed by atoms with van der Waals surface area (Å²) in [6.07, 6.45) is 0.660. The molecule has 0 aliphatic heterocycles. The molecule has 0 radical (unpaired) electrons. The summed E-state index contributed by atoms with van der Waals surface area (Å²) in [4.78, 5) is 11.6. The quantitative estimate of drug-likeness (QED) is 0.561. The van der Waals surface area contributed by atoms with Crippen LogP contribution in [0.15, 0.2) is 23.1 Å². The number of carbonyl (C=O) groups excluding carboxylic acids is 1. The SMILES string of the molecule is O=Cc1sc2cccc(S)c2c1O. The first-order valence-electron chi connectivity index (χ1n) is 3.62. The lowest BCUT2D eigenvalue weighted by Crippen LogP contribution is -1.71. The van der Waals surface area contributed by atoms with Gasteiger partial charge >= 0.3 is 0 Å². The van der Waals surface area contributed by atoms with Gasteiger partial charge in [-0.2, -0.15) is 0 Å². The van der Waals surface area contributed by atoms with Crippen molar-refractivity contribution in [1.29, 1.82) is 0 Å². The van der Waals surface area contributed by atoms with Crippen LogP contribution in [0.3, 0.4) is 0 Å². The fourth-order valence-corrected chi connectivity index (χ4v) is 2.54. The van der Waals surface area contributed by atoms with E-state index in [-0.39, 0.29) is 5.75 Å². The van der Waals surface area contributed by atoms with E-state index in [1.165, 1.54) is 11.3 Å². The summed E-state index contributed by atoms with van der Waals surface area (Å²) in [5, 5.41) is 10.3. The largest absolute Gasteiger partial charge is 0.506 e. The summed E-state index contributed by atoms with van der Waals surface area (Å²) in [6.45, 7) is 0. The Labute approximate surface area is 84.2 Å². The van der Waals surface area contributed by atoms with E-state index in [0.29, 0.717) is 21.4 Å². The van der Waals surface area contributed by atoms with Crippen molar-refractivity contribution in [3.8, 4) is 5.75 Å². The highest BCUT2D eigenvalue weighted by molar-refractivity contribution is 7.80. The van der Waals surface area contributed by atoms with Gasteiger partial charge in [-0.3, -0.25) is 4.79 Å². The number of carbonyl (C=O) groups is 1. The van der Waals surface area contributed by atoms with E-state index in [1.807, 2.05) is 12.1 Å². The molecule has 4 heteroatoms. The second kappa shape index (κ2) is 3.05. The summed E-state index contributed by atoms with van der Waals surface area (Å²) in [5.74, 6) is 0.0422. The zero-order valence-corrected chi connectivity index (χ0v) is 8.23. The van der Waals surface area contributed by atoms with Gasteiger partial charge in [0.1, 0.15) is 10.6 Å². The maximum Gasteiger partial charge on any atom is 0.163 e. The van der Waals surface area contributed by atoms with Crippen molar-refractivity contribution in [1.82, 2.24) is 0 Å². The minimum absolute atomic E-state index is 0.0422. The predicted molar refractivity (Wildman–Crippen MR) is 56.1 cm³/mol. The monoisotopic (exact) mass is 210 g/mol. The first kappa shape index (κ1) is 8.59. The van der Waals surface area contributed by atoms with Gasteiger partial charge in [-0.15, -0.1) is 24.0 Å². The van der Waals surface area contributed by atoms with Crippen LogP contribution in [0.5, 0.6) is 5.75 Å². The van der Waals surface area contributed by atoms with Crippen LogP contribution in [-0.2, 0) is 0 Å². The molecule has 0 fully saturated rings. The third kappa shape index (κ3) is 1.22. The second-order valence-electron chi connectivity index (χ2n) is 2.58. The molecule has 1 heterocycles. The van der Waals surface area contributed by atoms with Crippen molar-refractivity contribution in [3.05, 3.63) is 23.1 Å². The lowest BCUT2D eigenvalue weighted by Gasteiger charge is -1.94. The van der Waals surface area contributed by atoms with Crippen LogP contribution in [0.1, 0.15) is 9.67 Å². The molecular weight excluding hydrogens is 204 g/mol. The van der Waals surface area contributed by atoms with Gasteiger partial charge in [0.15, 0.2) is 6.29 Å². The molecule has 0 aliphatic rings. The molecule has 2 aromatic rings. The van der Waals surface area contributed by atoms with Crippen molar-refractivity contribution >= 4 is 40.3 Å². The molecule has 0 saturated carbocycles. The van der Waals surface area contributed by atoms with Crippen molar-refractivity contribution in [2.45, 2.75) is 4.90 Å². The highest BCUT2D eigenvalue weighted by Crippen LogP contribution is 2.38. The van der Waals surface area contributed by atoms with Gasteiger partial charge in [-0.25, -0.2) is 0 Å². The molecule has 0 saturated heterocycles. The topological polar surface area (TPSA) is 37.3 Å². The number of thiophene rings is 1. The minimum Gasteiger partial charge on any atom is -0.506 e. The first-order valence-corrected chi connectivity index (χ1v) is 4.89. The number of benzene rings is 1. The van der Waals surface area contributed by atoms with Crippen LogP contribution in [-0.4, -0.2) is 11.4 Å². The fraction of sp³-hybridized carbons (Fsp3) is 0. The van der Waals surface area contributed by atoms with E-state index < -0.39 is 0 Å². The molecule has 1 aromatic carbocycles. The van der Waals surface area contributed by atoms with E-state index >= 15 is 0 Å². The Bertz CT molecular complexity index is 474. The molecule has 0 amide bonds. The van der Waals surface area contributed by atoms with E-state index in [0.717, 1.165) is 4.70 Å². The molecular formula is C9H6O2S2. The van der Waals surface area contributed by atoms with Gasteiger partial charge in [-0.05, 0) is 12.1 Å². The lowest BCUT2D eigenvalue weighted by atomic mass is 10.2. The summed E-state index contributed by atoms with van der Waals surface area (Å²) < 4.78 is 0.882. The van der Waals surface area contributed by atoms with Crippen molar-refractivity contribution in [2.24, 2.45) is 0 Å². The van der Waals surface area contributed by atoms with Gasteiger partial charge in [0.2, 0.25) is 0 Å². The number of hydrogen-bond donors (Lipinski definition) is 2. The van der Waals surface area contributed by atoms with Gasteiger partial charge in [-0.1, -0.05) is 6.07 Å². The number of hydrogen-bond acceptors (Lipinski definition) is 4. The van der Waals surface area contributed by atoms with Crippen LogP contribution in [0.25, 0.3) is 10.1 Å². The normalized spacial score (nSPS) is 10.5. The Balaban J connectivity index is 2.92. The Morgan fingerprint density at radius 3 is 2.85 bits per heavy atom. The zero-order valence-electron chi connectivity index (χ0n) is 6.52. The molecule has 1 N–H and O–H groups in total. The molecule has 0 bridgehead atoms. The Morgan fingerprint density at radius 2 is 2.23 bits per heavy atom. The Kier molecular flexibility index (Phi) is 2.01. The standard InChI is InChI=1S/C9H6O2S2/c10-4-7-9(11)8-5(12)2-1-3-6(8)13-7/h1-4,11-12H. The molecule has 1 aromatic heterocycles. The number of aldehydes is 1. The average molecular weight is 210 g/mol. The molecule has 0 aliphatic carbocycles. The van der Waals surface area contributed by atoms with Gasteiger partial charge in [0.05, 0.1) is 0 Å². The number of rotatable bonds is 1. The number of fused-ring (bicyclic) bond motifs is 1. The minimum atomic E-state index is 0.0422. The fourth-order valence-electron chi connectivity index (χ4n) is 1.21. The maximum atomic E-state index is 10.5. The Morgan fingerprint density at radius 1 is 1.46 bits per heavy atom. The van der Waals surface area contributed by atoms with Gasteiger partial charge in [0, 0.05) is 15.0 Å². The van der Waals surface area contributed by atoms with Gasteiger partial charge in [0.25, 0.3) is 0 Å². The van der Waals surface area contributed by atoms with E-state index in [2.05, 4.69) is 12.6 Å². The van der Waals surface area contributed by atoms with E-state index in [4.69, 9.17) is 0 Å². The molecule has 2 nitrogen and oxygen atoms in total. The summed E-state index contributed by atoms with van der Waals surface area (Å²) >= 11 is 5.47. The van der Waals surface area contributed by atoms with Crippen LogP contribution in [0, 0.1) is 0 Å². The van der Waals surface area contributed by atoms with Crippen molar-refractivity contribution in [3.63, 3.8) is 0 Å². The smallest absolute Gasteiger partial charge is 0.163 e. The maximum absolute atomic E-state index is 10.5. The summed E-state index contributed by atoms with van der Waals surface area (Å²) in [5.41, 5.74) is 0. The van der Waals surface area contributed by atoms with Crippen molar-refractivity contribution < 1.29 is 9.90 Å². The van der Waals surface area contributed by atoms with E-state index in [9.17, 15) is 9.90 Å². The molecule has 0 atom stereocenters. The zero-order chi connectivity index (χ0) is 9.42. The highest BCUT2D eigenvalue weighted by Gasteiger charge is 2.11. The number of aromatic hydroxyl groups is 1. The average Bonchev–Trinajstić information content (AvgIpc) is 2.44. The summed E-state index contributed by atoms with van der Waals surface area (Å²) in [7, 11) is 0. The second-order valence-corrected chi connectivity index (χ2v) is 4.15. The van der Waals surface area contributed by atoms with Crippen LogP contribution < -0.4 is 0 Å². The molecule has 2 rings (SSSR count). The van der Waals surface area contributed by atoms with Crippen LogP contribution >= 0.6 is 24.0 Å². The van der Waals surface area contributed by atoms with Gasteiger partial charge < -0.3 is 5.11 Å². The van der Waals surface area contributed by atoms with Crippen molar-refractivity contribution in [2.75, 3.05) is 0 Å². The third-order valence-electron chi connectivity index (χ3n) is 1.80. The van der Waals surface area contributed by atoms with Crippen LogP contribution in [0.2, 0.25) is 0 Å².